The van der Waals surface area contributed by atoms with Crippen LogP contribution in [0.25, 0.3) is 10.2 Å². The van der Waals surface area contributed by atoms with Crippen LogP contribution >= 0.6 is 22.9 Å². The zero-order chi connectivity index (χ0) is 23.2. The molecule has 0 bridgehead atoms. The van der Waals surface area contributed by atoms with Crippen LogP contribution in [0.3, 0.4) is 0 Å². The van der Waals surface area contributed by atoms with Crippen LogP contribution in [0.4, 0.5) is 5.69 Å². The van der Waals surface area contributed by atoms with E-state index in [1.165, 1.54) is 29.7 Å². The number of benzene rings is 1. The molecule has 1 atom stereocenters. The first-order valence-electron chi connectivity index (χ1n) is 11.2. The van der Waals surface area contributed by atoms with Crippen LogP contribution in [0.2, 0.25) is 5.15 Å². The molecule has 3 aromatic rings. The molecule has 2 fully saturated rings. The quantitative estimate of drug-likeness (QED) is 0.509. The number of amides is 2. The number of carbonyl (C=O) groups is 2. The summed E-state index contributed by atoms with van der Waals surface area (Å²) in [5, 5.41) is 3.40. The standard InChI is InChI=1S/C25H27ClN4O2S/c1-29(2)15-25(9-10-25)17-3-5-18(6-4-17)30-14-16(11-23(30)31)13-27-24(32)21-12-19-20(33-21)7-8-22(26)28-19/h3-8,12,16H,9-11,13-15H2,1-2H3,(H,27,32). The maximum absolute atomic E-state index is 12.7. The minimum absolute atomic E-state index is 0.0894. The lowest BCUT2D eigenvalue weighted by Gasteiger charge is -2.22. The normalized spacial score (nSPS) is 19.5. The molecular weight excluding hydrogens is 456 g/mol. The van der Waals surface area contributed by atoms with E-state index in [4.69, 9.17) is 11.6 Å². The number of hydrogen-bond donors (Lipinski definition) is 1. The molecule has 1 saturated carbocycles. The minimum atomic E-state index is -0.139. The summed E-state index contributed by atoms with van der Waals surface area (Å²) < 4.78 is 0.925. The Bertz CT molecular complexity index is 1200. The van der Waals surface area contributed by atoms with Crippen molar-refractivity contribution in [1.82, 2.24) is 15.2 Å². The molecular formula is C25H27ClN4O2S. The van der Waals surface area contributed by atoms with E-state index >= 15 is 0 Å². The van der Waals surface area contributed by atoms with Gasteiger partial charge in [-0.25, -0.2) is 4.98 Å². The van der Waals surface area contributed by atoms with Gasteiger partial charge in [0.1, 0.15) is 5.15 Å². The number of aromatic nitrogens is 1. The number of carbonyl (C=O) groups excluding carboxylic acids is 2. The number of pyridine rings is 1. The molecule has 2 amide bonds. The molecule has 8 heteroatoms. The van der Waals surface area contributed by atoms with Crippen molar-refractivity contribution in [2.75, 3.05) is 38.6 Å². The van der Waals surface area contributed by atoms with Crippen LogP contribution in [-0.4, -0.2) is 55.4 Å². The fourth-order valence-electron chi connectivity index (χ4n) is 4.79. The smallest absolute Gasteiger partial charge is 0.261 e. The largest absolute Gasteiger partial charge is 0.351 e. The first kappa shape index (κ1) is 22.3. The Morgan fingerprint density at radius 2 is 2.00 bits per heavy atom. The van der Waals surface area contributed by atoms with Crippen LogP contribution in [0.5, 0.6) is 0 Å². The highest BCUT2D eigenvalue weighted by molar-refractivity contribution is 7.20. The maximum Gasteiger partial charge on any atom is 0.261 e. The lowest BCUT2D eigenvalue weighted by Crippen LogP contribution is -2.31. The summed E-state index contributed by atoms with van der Waals surface area (Å²) in [4.78, 5) is 34.3. The van der Waals surface area contributed by atoms with Gasteiger partial charge in [0.05, 0.1) is 15.1 Å². The van der Waals surface area contributed by atoms with E-state index in [-0.39, 0.29) is 23.1 Å². The highest BCUT2D eigenvalue weighted by Gasteiger charge is 2.44. The number of likely N-dealkylation sites (N-methyl/N-ethyl adjacent to an activating group) is 1. The number of anilines is 1. The number of halogens is 1. The summed E-state index contributed by atoms with van der Waals surface area (Å²) in [6.07, 6.45) is 2.88. The summed E-state index contributed by atoms with van der Waals surface area (Å²) >= 11 is 7.33. The molecule has 2 aromatic heterocycles. The van der Waals surface area contributed by atoms with Gasteiger partial charge in [0.25, 0.3) is 5.91 Å². The minimum Gasteiger partial charge on any atom is -0.351 e. The van der Waals surface area contributed by atoms with Crippen molar-refractivity contribution < 1.29 is 9.59 Å². The van der Waals surface area contributed by atoms with Crippen LogP contribution in [0, 0.1) is 5.92 Å². The molecule has 5 rings (SSSR count). The van der Waals surface area contributed by atoms with Crippen LogP contribution in [0.15, 0.2) is 42.5 Å². The first-order chi connectivity index (χ1) is 15.8. The highest BCUT2D eigenvalue weighted by atomic mass is 35.5. The molecule has 2 aliphatic rings. The number of rotatable bonds is 7. The summed E-state index contributed by atoms with van der Waals surface area (Å²) in [7, 11) is 4.23. The van der Waals surface area contributed by atoms with E-state index in [1.54, 1.807) is 12.1 Å². The van der Waals surface area contributed by atoms with Crippen molar-refractivity contribution in [2.24, 2.45) is 5.92 Å². The predicted molar refractivity (Wildman–Crippen MR) is 133 cm³/mol. The van der Waals surface area contributed by atoms with Gasteiger partial charge in [0.2, 0.25) is 5.91 Å². The van der Waals surface area contributed by atoms with Crippen molar-refractivity contribution in [1.29, 1.82) is 0 Å². The summed E-state index contributed by atoms with van der Waals surface area (Å²) in [6, 6.07) is 13.8. The molecule has 1 N–H and O–H groups in total. The molecule has 33 heavy (non-hydrogen) atoms. The van der Waals surface area contributed by atoms with Gasteiger partial charge >= 0.3 is 0 Å². The Hall–Kier alpha value is -2.48. The molecule has 1 aliphatic heterocycles. The van der Waals surface area contributed by atoms with Gasteiger partial charge in [-0.05, 0) is 62.8 Å². The van der Waals surface area contributed by atoms with Crippen molar-refractivity contribution in [2.45, 2.75) is 24.7 Å². The summed E-state index contributed by atoms with van der Waals surface area (Å²) in [5.41, 5.74) is 3.29. The molecule has 0 radical (unpaired) electrons. The molecule has 3 heterocycles. The van der Waals surface area contributed by atoms with Gasteiger partial charge in [-0.1, -0.05) is 23.7 Å². The van der Waals surface area contributed by atoms with Crippen LogP contribution in [0.1, 0.15) is 34.5 Å². The fraction of sp³-hybridized carbons (Fsp3) is 0.400. The van der Waals surface area contributed by atoms with E-state index in [0.29, 0.717) is 29.5 Å². The van der Waals surface area contributed by atoms with Gasteiger partial charge in [0, 0.05) is 43.1 Å². The van der Waals surface area contributed by atoms with E-state index in [1.807, 2.05) is 11.0 Å². The fourth-order valence-corrected chi connectivity index (χ4v) is 5.86. The third kappa shape index (κ3) is 4.63. The molecule has 1 aliphatic carbocycles. The molecule has 1 aromatic carbocycles. The zero-order valence-corrected chi connectivity index (χ0v) is 20.4. The highest BCUT2D eigenvalue weighted by Crippen LogP contribution is 2.48. The van der Waals surface area contributed by atoms with Crippen molar-refractivity contribution in [3.8, 4) is 0 Å². The number of nitrogens with zero attached hydrogens (tertiary/aromatic N) is 3. The number of fused-ring (bicyclic) bond motifs is 1. The summed E-state index contributed by atoms with van der Waals surface area (Å²) in [5.74, 6) is 0.0590. The Balaban J connectivity index is 1.19. The van der Waals surface area contributed by atoms with Crippen molar-refractivity contribution >= 4 is 50.7 Å². The van der Waals surface area contributed by atoms with E-state index in [2.05, 4.69) is 53.6 Å². The van der Waals surface area contributed by atoms with Gasteiger partial charge < -0.3 is 15.1 Å². The Labute approximate surface area is 202 Å². The average molecular weight is 483 g/mol. The second kappa shape index (κ2) is 8.70. The molecule has 1 saturated heterocycles. The summed E-state index contributed by atoms with van der Waals surface area (Å²) in [6.45, 7) is 2.14. The lowest BCUT2D eigenvalue weighted by molar-refractivity contribution is -0.117. The zero-order valence-electron chi connectivity index (χ0n) is 18.8. The molecule has 172 valence electrons. The second-order valence-corrected chi connectivity index (χ2v) is 10.9. The Kier molecular flexibility index (Phi) is 5.89. The number of thiophene rings is 1. The van der Waals surface area contributed by atoms with Gasteiger partial charge in [-0.2, -0.15) is 0 Å². The average Bonchev–Trinajstić information content (AvgIpc) is 3.27. The van der Waals surface area contributed by atoms with Gasteiger partial charge in [0.15, 0.2) is 0 Å². The van der Waals surface area contributed by atoms with Gasteiger partial charge in [-0.3, -0.25) is 9.59 Å². The van der Waals surface area contributed by atoms with Crippen molar-refractivity contribution in [3.05, 3.63) is 58.1 Å². The van der Waals surface area contributed by atoms with E-state index < -0.39 is 0 Å². The molecule has 1 unspecified atom stereocenters. The SMILES string of the molecule is CN(C)CC1(c2ccc(N3CC(CNC(=O)c4cc5nc(Cl)ccc5s4)CC3=O)cc2)CC1. The maximum atomic E-state index is 12.7. The Morgan fingerprint density at radius 1 is 1.24 bits per heavy atom. The third-order valence-corrected chi connectivity index (χ3v) is 7.88. The van der Waals surface area contributed by atoms with Crippen LogP contribution < -0.4 is 10.2 Å². The van der Waals surface area contributed by atoms with E-state index in [9.17, 15) is 9.59 Å². The third-order valence-electron chi connectivity index (χ3n) is 6.58. The van der Waals surface area contributed by atoms with E-state index in [0.717, 1.165) is 22.4 Å². The molecule has 6 nitrogen and oxygen atoms in total. The molecule has 0 spiro atoms. The number of nitrogens with one attached hydrogen (secondary N) is 1. The Morgan fingerprint density at radius 3 is 2.70 bits per heavy atom. The van der Waals surface area contributed by atoms with Crippen molar-refractivity contribution in [3.63, 3.8) is 0 Å². The predicted octanol–water partition coefficient (Wildman–Crippen LogP) is 4.33. The first-order valence-corrected chi connectivity index (χ1v) is 12.4. The van der Waals surface area contributed by atoms with Crippen LogP contribution in [-0.2, 0) is 10.2 Å². The monoisotopic (exact) mass is 482 g/mol. The number of hydrogen-bond acceptors (Lipinski definition) is 5. The lowest BCUT2D eigenvalue weighted by atomic mass is 9.95. The van der Waals surface area contributed by atoms with Gasteiger partial charge in [-0.15, -0.1) is 11.3 Å². The second-order valence-electron chi connectivity index (χ2n) is 9.48. The topological polar surface area (TPSA) is 65.5 Å².